The fraction of sp³-hybridized carbons (Fsp3) is 0.143. The Balaban J connectivity index is 1.68. The monoisotopic (exact) mass is 329 g/mol. The van der Waals surface area contributed by atoms with Gasteiger partial charge in [-0.05, 0) is 11.6 Å². The van der Waals surface area contributed by atoms with Crippen LogP contribution >= 0.6 is 0 Å². The zero-order chi connectivity index (χ0) is 17.5. The van der Waals surface area contributed by atoms with Crippen LogP contribution in [0.5, 0.6) is 0 Å². The lowest BCUT2D eigenvalue weighted by molar-refractivity contribution is 0.103. The molecule has 0 saturated carbocycles. The van der Waals surface area contributed by atoms with Crippen LogP contribution in [-0.2, 0) is 13.1 Å². The van der Waals surface area contributed by atoms with Crippen molar-refractivity contribution in [1.82, 2.24) is 9.88 Å². The molecule has 0 aliphatic carbocycles. The molecule has 0 aliphatic rings. The van der Waals surface area contributed by atoms with Crippen molar-refractivity contribution in [2.45, 2.75) is 13.1 Å². The summed E-state index contributed by atoms with van der Waals surface area (Å²) in [5.41, 5.74) is 2.89. The Morgan fingerprint density at radius 2 is 1.72 bits per heavy atom. The van der Waals surface area contributed by atoms with Gasteiger partial charge in [-0.15, -0.1) is 0 Å². The molecule has 0 spiro atoms. The fourth-order valence-electron chi connectivity index (χ4n) is 2.71. The smallest absolute Gasteiger partial charge is 0.209 e. The molecule has 0 aliphatic heterocycles. The maximum Gasteiger partial charge on any atom is 0.209 e. The van der Waals surface area contributed by atoms with Crippen LogP contribution in [0.25, 0.3) is 0 Å². The third kappa shape index (κ3) is 4.23. The molecule has 1 N–H and O–H groups in total. The van der Waals surface area contributed by atoms with E-state index < -0.39 is 0 Å². The molecule has 2 aromatic carbocycles. The number of hydrogen-bond donors (Lipinski definition) is 1. The second-order valence-electron chi connectivity index (χ2n) is 5.78. The molecule has 0 bridgehead atoms. The lowest BCUT2D eigenvalue weighted by atomic mass is 10.1. The minimum Gasteiger partial charge on any atom is -0.342 e. The van der Waals surface area contributed by atoms with Crippen molar-refractivity contribution >= 4 is 5.78 Å². The highest BCUT2D eigenvalue weighted by Gasteiger charge is 2.15. The number of nitriles is 1. The van der Waals surface area contributed by atoms with E-state index in [1.165, 1.54) is 5.56 Å². The Kier molecular flexibility index (Phi) is 5.40. The number of benzene rings is 2. The predicted molar refractivity (Wildman–Crippen MR) is 97.2 cm³/mol. The summed E-state index contributed by atoms with van der Waals surface area (Å²) in [5, 5.41) is 12.5. The van der Waals surface area contributed by atoms with E-state index in [9.17, 15) is 4.79 Å². The quantitative estimate of drug-likeness (QED) is 0.534. The molecule has 0 amide bonds. The Labute approximate surface area is 147 Å². The molecule has 25 heavy (non-hydrogen) atoms. The largest absolute Gasteiger partial charge is 0.342 e. The first-order valence-corrected chi connectivity index (χ1v) is 8.22. The van der Waals surface area contributed by atoms with Crippen LogP contribution in [0.1, 0.15) is 27.2 Å². The number of carbonyl (C=O) groups is 1. The molecule has 4 heteroatoms. The molecule has 0 unspecified atom stereocenters. The highest BCUT2D eigenvalue weighted by molar-refractivity contribution is 6.08. The molecular formula is C21H19N3O. The van der Waals surface area contributed by atoms with Crippen LogP contribution in [-0.4, -0.2) is 16.9 Å². The summed E-state index contributed by atoms with van der Waals surface area (Å²) in [6.45, 7) is 2.11. The van der Waals surface area contributed by atoms with Gasteiger partial charge < -0.3 is 9.88 Å². The number of nitrogens with zero attached hydrogens (tertiary/aromatic N) is 2. The Hall–Kier alpha value is -3.16. The number of rotatable bonds is 7. The SMILES string of the molecule is N#Cc1cc(C(=O)c2ccccc2)n(CCNCc2ccccc2)c1. The van der Waals surface area contributed by atoms with Gasteiger partial charge in [-0.2, -0.15) is 5.26 Å². The van der Waals surface area contributed by atoms with Crippen LogP contribution in [0, 0.1) is 11.3 Å². The van der Waals surface area contributed by atoms with Crippen molar-refractivity contribution in [2.75, 3.05) is 6.54 Å². The van der Waals surface area contributed by atoms with Crippen LogP contribution in [0.2, 0.25) is 0 Å². The summed E-state index contributed by atoms with van der Waals surface area (Å²) in [5.74, 6) is -0.0647. The zero-order valence-electron chi connectivity index (χ0n) is 13.9. The molecule has 0 fully saturated rings. The number of ketones is 1. The van der Waals surface area contributed by atoms with E-state index in [2.05, 4.69) is 23.5 Å². The maximum atomic E-state index is 12.7. The van der Waals surface area contributed by atoms with Gasteiger partial charge in [0.1, 0.15) is 6.07 Å². The van der Waals surface area contributed by atoms with Crippen molar-refractivity contribution in [1.29, 1.82) is 5.26 Å². The van der Waals surface area contributed by atoms with Crippen LogP contribution in [0.15, 0.2) is 72.9 Å². The van der Waals surface area contributed by atoms with Crippen molar-refractivity contribution in [3.05, 3.63) is 95.3 Å². The molecule has 1 aromatic heterocycles. The summed E-state index contributed by atoms with van der Waals surface area (Å²) >= 11 is 0. The third-order valence-corrected chi connectivity index (χ3v) is 4.00. The van der Waals surface area contributed by atoms with E-state index in [0.717, 1.165) is 6.54 Å². The van der Waals surface area contributed by atoms with Crippen molar-refractivity contribution in [2.24, 2.45) is 0 Å². The Morgan fingerprint density at radius 3 is 2.40 bits per heavy atom. The summed E-state index contributed by atoms with van der Waals surface area (Å²) in [6, 6.07) is 23.1. The number of hydrogen-bond acceptors (Lipinski definition) is 3. The number of carbonyl (C=O) groups excluding carboxylic acids is 1. The second kappa shape index (κ2) is 8.09. The molecule has 0 radical (unpaired) electrons. The topological polar surface area (TPSA) is 57.8 Å². The van der Waals surface area contributed by atoms with Gasteiger partial charge in [-0.1, -0.05) is 60.7 Å². The molecule has 0 saturated heterocycles. The minimum absolute atomic E-state index is 0.0647. The van der Waals surface area contributed by atoms with Gasteiger partial charge in [0.25, 0.3) is 0 Å². The number of aromatic nitrogens is 1. The molecule has 1 heterocycles. The average Bonchev–Trinajstić information content (AvgIpc) is 3.09. The molecular weight excluding hydrogens is 310 g/mol. The van der Waals surface area contributed by atoms with E-state index in [1.54, 1.807) is 24.4 Å². The van der Waals surface area contributed by atoms with Gasteiger partial charge in [0.2, 0.25) is 5.78 Å². The van der Waals surface area contributed by atoms with Crippen molar-refractivity contribution < 1.29 is 4.79 Å². The van der Waals surface area contributed by atoms with E-state index in [-0.39, 0.29) is 5.78 Å². The molecule has 3 aromatic rings. The second-order valence-corrected chi connectivity index (χ2v) is 5.78. The Morgan fingerprint density at radius 1 is 1.04 bits per heavy atom. The lowest BCUT2D eigenvalue weighted by Crippen LogP contribution is -2.21. The van der Waals surface area contributed by atoms with Gasteiger partial charge >= 0.3 is 0 Å². The first-order valence-electron chi connectivity index (χ1n) is 8.22. The van der Waals surface area contributed by atoms with E-state index in [0.29, 0.717) is 29.9 Å². The third-order valence-electron chi connectivity index (χ3n) is 4.00. The summed E-state index contributed by atoms with van der Waals surface area (Å²) in [6.07, 6.45) is 1.74. The van der Waals surface area contributed by atoms with Crippen molar-refractivity contribution in [3.63, 3.8) is 0 Å². The fourth-order valence-corrected chi connectivity index (χ4v) is 2.71. The van der Waals surface area contributed by atoms with Gasteiger partial charge in [0.05, 0.1) is 11.3 Å². The average molecular weight is 329 g/mol. The van der Waals surface area contributed by atoms with Crippen LogP contribution in [0.4, 0.5) is 0 Å². The first-order chi connectivity index (χ1) is 12.3. The molecule has 0 atom stereocenters. The summed E-state index contributed by atoms with van der Waals surface area (Å²) < 4.78 is 1.85. The van der Waals surface area contributed by atoms with Crippen molar-refractivity contribution in [3.8, 4) is 6.07 Å². The molecule has 4 nitrogen and oxygen atoms in total. The molecule has 3 rings (SSSR count). The number of nitrogens with one attached hydrogen (secondary N) is 1. The van der Waals surface area contributed by atoms with E-state index >= 15 is 0 Å². The summed E-state index contributed by atoms with van der Waals surface area (Å²) in [7, 11) is 0. The Bertz CT molecular complexity index is 877. The van der Waals surface area contributed by atoms with Crippen LogP contribution < -0.4 is 5.32 Å². The van der Waals surface area contributed by atoms with E-state index in [1.807, 2.05) is 41.0 Å². The van der Waals surface area contributed by atoms with Gasteiger partial charge in [-0.3, -0.25) is 4.79 Å². The first kappa shape index (κ1) is 16.7. The minimum atomic E-state index is -0.0647. The zero-order valence-corrected chi connectivity index (χ0v) is 13.9. The van der Waals surface area contributed by atoms with Gasteiger partial charge in [0, 0.05) is 31.4 Å². The maximum absolute atomic E-state index is 12.7. The summed E-state index contributed by atoms with van der Waals surface area (Å²) in [4.78, 5) is 12.7. The predicted octanol–water partition coefficient (Wildman–Crippen LogP) is 3.38. The van der Waals surface area contributed by atoms with Crippen LogP contribution in [0.3, 0.4) is 0 Å². The molecule has 124 valence electrons. The standard InChI is InChI=1S/C21H19N3O/c22-14-18-13-20(21(25)19-9-5-2-6-10-19)24(16-18)12-11-23-15-17-7-3-1-4-8-17/h1-10,13,16,23H,11-12,15H2. The normalized spacial score (nSPS) is 10.4. The van der Waals surface area contributed by atoms with E-state index in [4.69, 9.17) is 5.26 Å². The van der Waals surface area contributed by atoms with Gasteiger partial charge in [0.15, 0.2) is 0 Å². The highest BCUT2D eigenvalue weighted by Crippen LogP contribution is 2.14. The lowest BCUT2D eigenvalue weighted by Gasteiger charge is -2.10. The van der Waals surface area contributed by atoms with Gasteiger partial charge in [-0.25, -0.2) is 0 Å². The highest BCUT2D eigenvalue weighted by atomic mass is 16.1.